The molecule has 1 aliphatic heterocycles. The van der Waals surface area contributed by atoms with E-state index in [-0.39, 0.29) is 4.90 Å². The standard InChI is InChI=1S/C17H27NO4S/c1-5-21-15-11-17(16(22-6-2)10-14(15)4)23(19,20)18-9-7-8-13(3)12-18/h10-11,13H,5-9,12H2,1-4H3. The minimum absolute atomic E-state index is 0.211. The number of rotatable bonds is 6. The summed E-state index contributed by atoms with van der Waals surface area (Å²) in [5.74, 6) is 1.39. The van der Waals surface area contributed by atoms with E-state index < -0.39 is 10.0 Å². The smallest absolute Gasteiger partial charge is 0.246 e. The van der Waals surface area contributed by atoms with Crippen LogP contribution in [0.3, 0.4) is 0 Å². The molecule has 0 aromatic heterocycles. The molecule has 1 aromatic rings. The van der Waals surface area contributed by atoms with Crippen molar-refractivity contribution >= 4 is 10.0 Å². The molecule has 0 N–H and O–H groups in total. The Balaban J connectivity index is 2.47. The van der Waals surface area contributed by atoms with E-state index in [9.17, 15) is 8.42 Å². The summed E-state index contributed by atoms with van der Waals surface area (Å²) in [6.07, 6.45) is 1.97. The second-order valence-electron chi connectivity index (χ2n) is 6.04. The van der Waals surface area contributed by atoms with E-state index in [0.717, 1.165) is 18.4 Å². The molecule has 1 atom stereocenters. The van der Waals surface area contributed by atoms with Crippen LogP contribution in [0.1, 0.15) is 39.2 Å². The maximum Gasteiger partial charge on any atom is 0.246 e. The zero-order chi connectivity index (χ0) is 17.0. The summed E-state index contributed by atoms with van der Waals surface area (Å²) >= 11 is 0. The van der Waals surface area contributed by atoms with Gasteiger partial charge in [0, 0.05) is 19.2 Å². The molecule has 1 fully saturated rings. The van der Waals surface area contributed by atoms with Crippen LogP contribution in [0.15, 0.2) is 17.0 Å². The van der Waals surface area contributed by atoms with Crippen molar-refractivity contribution in [2.24, 2.45) is 5.92 Å². The number of aryl methyl sites for hydroxylation is 1. The monoisotopic (exact) mass is 341 g/mol. The van der Waals surface area contributed by atoms with Gasteiger partial charge in [-0.2, -0.15) is 4.31 Å². The molecule has 1 saturated heterocycles. The predicted molar refractivity (Wildman–Crippen MR) is 90.7 cm³/mol. The van der Waals surface area contributed by atoms with E-state index >= 15 is 0 Å². The number of piperidine rings is 1. The first kappa shape index (κ1) is 18.1. The fourth-order valence-corrected chi connectivity index (χ4v) is 4.65. The maximum atomic E-state index is 13.1. The molecule has 1 aliphatic rings. The number of hydrogen-bond donors (Lipinski definition) is 0. The molecular weight excluding hydrogens is 314 g/mol. The first-order valence-electron chi connectivity index (χ1n) is 8.30. The third kappa shape index (κ3) is 3.98. The van der Waals surface area contributed by atoms with Gasteiger partial charge in [-0.1, -0.05) is 6.92 Å². The lowest BCUT2D eigenvalue weighted by Gasteiger charge is -2.30. The van der Waals surface area contributed by atoms with Crippen molar-refractivity contribution in [1.29, 1.82) is 0 Å². The Hall–Kier alpha value is -1.27. The lowest BCUT2D eigenvalue weighted by molar-refractivity contribution is 0.278. The molecule has 0 bridgehead atoms. The van der Waals surface area contributed by atoms with Gasteiger partial charge < -0.3 is 9.47 Å². The predicted octanol–water partition coefficient (Wildman–Crippen LogP) is 3.21. The van der Waals surface area contributed by atoms with Crippen molar-refractivity contribution in [3.8, 4) is 11.5 Å². The minimum Gasteiger partial charge on any atom is -0.494 e. The number of benzene rings is 1. The molecule has 1 heterocycles. The van der Waals surface area contributed by atoms with Gasteiger partial charge in [0.25, 0.3) is 0 Å². The second kappa shape index (κ2) is 7.53. The van der Waals surface area contributed by atoms with Gasteiger partial charge in [-0.25, -0.2) is 8.42 Å². The van der Waals surface area contributed by atoms with Gasteiger partial charge >= 0.3 is 0 Å². The summed E-state index contributed by atoms with van der Waals surface area (Å²) in [7, 11) is -3.58. The lowest BCUT2D eigenvalue weighted by atomic mass is 10.0. The van der Waals surface area contributed by atoms with E-state index in [1.54, 1.807) is 16.4 Å². The van der Waals surface area contributed by atoms with Crippen molar-refractivity contribution < 1.29 is 17.9 Å². The fourth-order valence-electron chi connectivity index (χ4n) is 2.93. The second-order valence-corrected chi connectivity index (χ2v) is 7.95. The number of ether oxygens (including phenoxy) is 2. The zero-order valence-electron chi connectivity index (χ0n) is 14.5. The van der Waals surface area contributed by atoms with Gasteiger partial charge in [0.2, 0.25) is 10.0 Å². The highest BCUT2D eigenvalue weighted by Crippen LogP contribution is 2.35. The van der Waals surface area contributed by atoms with Crippen molar-refractivity contribution in [2.75, 3.05) is 26.3 Å². The molecule has 130 valence electrons. The van der Waals surface area contributed by atoms with Gasteiger partial charge in [0.05, 0.1) is 13.2 Å². The van der Waals surface area contributed by atoms with Crippen LogP contribution in [-0.4, -0.2) is 39.0 Å². The highest BCUT2D eigenvalue weighted by molar-refractivity contribution is 7.89. The highest BCUT2D eigenvalue weighted by atomic mass is 32.2. The van der Waals surface area contributed by atoms with Crippen LogP contribution in [-0.2, 0) is 10.0 Å². The Bertz CT molecular complexity index is 642. The molecule has 2 rings (SSSR count). The average Bonchev–Trinajstić information content (AvgIpc) is 2.50. The summed E-state index contributed by atoms with van der Waals surface area (Å²) in [5, 5.41) is 0. The molecule has 1 aromatic carbocycles. The van der Waals surface area contributed by atoms with E-state index in [0.29, 0.717) is 43.7 Å². The average molecular weight is 341 g/mol. The van der Waals surface area contributed by atoms with Crippen LogP contribution < -0.4 is 9.47 Å². The summed E-state index contributed by atoms with van der Waals surface area (Å²) < 4.78 is 38.9. The number of sulfonamides is 1. The molecule has 0 amide bonds. The number of nitrogens with zero attached hydrogens (tertiary/aromatic N) is 1. The number of hydrogen-bond acceptors (Lipinski definition) is 4. The normalized spacial score (nSPS) is 19.6. The summed E-state index contributed by atoms with van der Waals surface area (Å²) in [4.78, 5) is 0.211. The van der Waals surface area contributed by atoms with Crippen LogP contribution in [0.4, 0.5) is 0 Å². The molecule has 0 radical (unpaired) electrons. The summed E-state index contributed by atoms with van der Waals surface area (Å²) in [5.41, 5.74) is 0.876. The van der Waals surface area contributed by atoms with Crippen LogP contribution in [0, 0.1) is 12.8 Å². The van der Waals surface area contributed by atoms with E-state index in [4.69, 9.17) is 9.47 Å². The Labute approximate surface area is 139 Å². The van der Waals surface area contributed by atoms with E-state index in [1.807, 2.05) is 20.8 Å². The summed E-state index contributed by atoms with van der Waals surface area (Å²) in [6.45, 7) is 9.77. The molecule has 0 saturated carbocycles. The van der Waals surface area contributed by atoms with E-state index in [1.165, 1.54) is 0 Å². The minimum atomic E-state index is -3.58. The Morgan fingerprint density at radius 3 is 2.43 bits per heavy atom. The van der Waals surface area contributed by atoms with Gasteiger partial charge in [0.15, 0.2) is 0 Å². The Kier molecular flexibility index (Phi) is 5.92. The van der Waals surface area contributed by atoms with Gasteiger partial charge in [-0.3, -0.25) is 0 Å². The van der Waals surface area contributed by atoms with Crippen molar-refractivity contribution in [2.45, 2.75) is 45.4 Å². The maximum absolute atomic E-state index is 13.1. The molecule has 1 unspecified atom stereocenters. The van der Waals surface area contributed by atoms with Gasteiger partial charge in [-0.05, 0) is 51.2 Å². The quantitative estimate of drug-likeness (QED) is 0.797. The molecule has 0 spiro atoms. The zero-order valence-corrected chi connectivity index (χ0v) is 15.3. The molecule has 5 nitrogen and oxygen atoms in total. The van der Waals surface area contributed by atoms with E-state index in [2.05, 4.69) is 6.92 Å². The van der Waals surface area contributed by atoms with Crippen LogP contribution in [0.5, 0.6) is 11.5 Å². The van der Waals surface area contributed by atoms with Crippen molar-refractivity contribution in [3.05, 3.63) is 17.7 Å². The largest absolute Gasteiger partial charge is 0.494 e. The third-order valence-corrected chi connectivity index (χ3v) is 5.96. The first-order chi connectivity index (χ1) is 10.9. The molecule has 6 heteroatoms. The van der Waals surface area contributed by atoms with Gasteiger partial charge in [-0.15, -0.1) is 0 Å². The first-order valence-corrected chi connectivity index (χ1v) is 9.74. The van der Waals surface area contributed by atoms with Crippen LogP contribution >= 0.6 is 0 Å². The van der Waals surface area contributed by atoms with Crippen LogP contribution in [0.2, 0.25) is 0 Å². The molecule has 0 aliphatic carbocycles. The van der Waals surface area contributed by atoms with Crippen molar-refractivity contribution in [3.63, 3.8) is 0 Å². The Morgan fingerprint density at radius 2 is 1.83 bits per heavy atom. The van der Waals surface area contributed by atoms with Gasteiger partial charge in [0.1, 0.15) is 16.4 Å². The van der Waals surface area contributed by atoms with Crippen LogP contribution in [0.25, 0.3) is 0 Å². The fraction of sp³-hybridized carbons (Fsp3) is 0.647. The topological polar surface area (TPSA) is 55.8 Å². The lowest BCUT2D eigenvalue weighted by Crippen LogP contribution is -2.39. The SMILES string of the molecule is CCOc1cc(S(=O)(=O)N2CCCC(C)C2)c(OCC)cc1C. The Morgan fingerprint density at radius 1 is 1.17 bits per heavy atom. The highest BCUT2D eigenvalue weighted by Gasteiger charge is 2.32. The third-order valence-electron chi connectivity index (χ3n) is 4.08. The summed E-state index contributed by atoms with van der Waals surface area (Å²) in [6, 6.07) is 3.37. The molecule has 23 heavy (non-hydrogen) atoms. The molecular formula is C17H27NO4S. The van der Waals surface area contributed by atoms with Crippen molar-refractivity contribution in [1.82, 2.24) is 4.31 Å².